The molecule has 0 radical (unpaired) electrons. The molecular formula is C21H26N4O. The van der Waals surface area contributed by atoms with Crippen LogP contribution in [-0.4, -0.2) is 49.6 Å². The molecule has 2 aromatic rings. The van der Waals surface area contributed by atoms with Crippen LogP contribution in [0.1, 0.15) is 12.5 Å². The SMILES string of the molecule is C[C@H]1CNCCN1CC(=O)Nc1ccc(N2CCc3ccccc32)cc1. The normalized spacial score (nSPS) is 20.0. The minimum Gasteiger partial charge on any atom is -0.341 e. The number of nitrogens with zero attached hydrogens (tertiary/aromatic N) is 2. The lowest BCUT2D eigenvalue weighted by Crippen LogP contribution is -2.51. The number of para-hydroxylation sites is 1. The van der Waals surface area contributed by atoms with Crippen LogP contribution in [0.2, 0.25) is 0 Å². The van der Waals surface area contributed by atoms with Gasteiger partial charge in [-0.3, -0.25) is 9.69 Å². The largest absolute Gasteiger partial charge is 0.341 e. The maximum absolute atomic E-state index is 12.3. The van der Waals surface area contributed by atoms with Crippen molar-refractivity contribution >= 4 is 23.0 Å². The third-order valence-electron chi connectivity index (χ3n) is 5.34. The van der Waals surface area contributed by atoms with Gasteiger partial charge in [-0.1, -0.05) is 18.2 Å². The number of amides is 1. The molecule has 2 N–H and O–H groups in total. The Morgan fingerprint density at radius 1 is 1.15 bits per heavy atom. The standard InChI is InChI=1S/C21H26N4O/c1-16-14-22-11-13-24(16)15-21(26)23-18-6-8-19(9-7-18)25-12-10-17-4-2-3-5-20(17)25/h2-9,16,22H,10-15H2,1H3,(H,23,26)/t16-/m0/s1. The fraction of sp³-hybridized carbons (Fsp3) is 0.381. The molecule has 0 unspecified atom stereocenters. The summed E-state index contributed by atoms with van der Waals surface area (Å²) in [7, 11) is 0. The van der Waals surface area contributed by atoms with Gasteiger partial charge in [0.05, 0.1) is 6.54 Å². The van der Waals surface area contributed by atoms with Crippen LogP contribution in [-0.2, 0) is 11.2 Å². The zero-order valence-electron chi connectivity index (χ0n) is 15.2. The van der Waals surface area contributed by atoms with Gasteiger partial charge in [0.15, 0.2) is 0 Å². The van der Waals surface area contributed by atoms with Gasteiger partial charge in [0.25, 0.3) is 0 Å². The van der Waals surface area contributed by atoms with E-state index < -0.39 is 0 Å². The first-order valence-electron chi connectivity index (χ1n) is 9.41. The molecule has 2 aliphatic rings. The van der Waals surface area contributed by atoms with E-state index in [4.69, 9.17) is 0 Å². The number of hydrogen-bond donors (Lipinski definition) is 2. The Kier molecular flexibility index (Phi) is 4.91. The highest BCUT2D eigenvalue weighted by Crippen LogP contribution is 2.34. The summed E-state index contributed by atoms with van der Waals surface area (Å²) < 4.78 is 0. The van der Waals surface area contributed by atoms with Crippen LogP contribution in [0.4, 0.5) is 17.1 Å². The molecule has 1 fully saturated rings. The van der Waals surface area contributed by atoms with E-state index in [1.165, 1.54) is 16.9 Å². The molecule has 0 saturated carbocycles. The summed E-state index contributed by atoms with van der Waals surface area (Å²) in [6.07, 6.45) is 1.08. The molecular weight excluding hydrogens is 324 g/mol. The van der Waals surface area contributed by atoms with E-state index in [0.29, 0.717) is 12.6 Å². The molecule has 0 spiro atoms. The Bertz CT molecular complexity index is 774. The molecule has 5 heteroatoms. The minimum atomic E-state index is 0.0537. The molecule has 2 heterocycles. The number of fused-ring (bicyclic) bond motifs is 1. The van der Waals surface area contributed by atoms with E-state index in [9.17, 15) is 4.79 Å². The van der Waals surface area contributed by atoms with Crippen LogP contribution < -0.4 is 15.5 Å². The van der Waals surface area contributed by atoms with Gasteiger partial charge in [-0.2, -0.15) is 0 Å². The molecule has 136 valence electrons. The monoisotopic (exact) mass is 350 g/mol. The van der Waals surface area contributed by atoms with Gasteiger partial charge in [-0.15, -0.1) is 0 Å². The maximum Gasteiger partial charge on any atom is 0.238 e. The summed E-state index contributed by atoms with van der Waals surface area (Å²) in [5.74, 6) is 0.0537. The predicted molar refractivity (Wildman–Crippen MR) is 106 cm³/mol. The molecule has 0 aliphatic carbocycles. The van der Waals surface area contributed by atoms with Gasteiger partial charge < -0.3 is 15.5 Å². The van der Waals surface area contributed by atoms with Crippen molar-refractivity contribution in [2.75, 3.05) is 42.9 Å². The fourth-order valence-electron chi connectivity index (χ4n) is 3.83. The van der Waals surface area contributed by atoms with Gasteiger partial charge in [0.2, 0.25) is 5.91 Å². The number of carbonyl (C=O) groups excluding carboxylic acids is 1. The van der Waals surface area contributed by atoms with Crippen LogP contribution in [0.25, 0.3) is 0 Å². The van der Waals surface area contributed by atoms with Gasteiger partial charge in [0.1, 0.15) is 0 Å². The van der Waals surface area contributed by atoms with Crippen molar-refractivity contribution in [1.82, 2.24) is 10.2 Å². The molecule has 1 amide bonds. The van der Waals surface area contributed by atoms with Crippen molar-refractivity contribution in [1.29, 1.82) is 0 Å². The highest BCUT2D eigenvalue weighted by Gasteiger charge is 2.21. The summed E-state index contributed by atoms with van der Waals surface area (Å²) in [6, 6.07) is 17.1. The number of piperazine rings is 1. The van der Waals surface area contributed by atoms with Crippen LogP contribution in [0, 0.1) is 0 Å². The molecule has 1 atom stereocenters. The van der Waals surface area contributed by atoms with Crippen molar-refractivity contribution in [2.45, 2.75) is 19.4 Å². The summed E-state index contributed by atoms with van der Waals surface area (Å²) in [5, 5.41) is 6.38. The Morgan fingerprint density at radius 2 is 1.96 bits per heavy atom. The van der Waals surface area contributed by atoms with Crippen LogP contribution in [0.3, 0.4) is 0 Å². The Morgan fingerprint density at radius 3 is 2.77 bits per heavy atom. The molecule has 0 bridgehead atoms. The highest BCUT2D eigenvalue weighted by molar-refractivity contribution is 5.92. The Hall–Kier alpha value is -2.37. The van der Waals surface area contributed by atoms with Crippen LogP contribution >= 0.6 is 0 Å². The predicted octanol–water partition coefficient (Wildman–Crippen LogP) is 2.61. The molecule has 2 aliphatic heterocycles. The average Bonchev–Trinajstić information content (AvgIpc) is 3.08. The number of hydrogen-bond acceptors (Lipinski definition) is 4. The van der Waals surface area contributed by atoms with Crippen molar-refractivity contribution in [3.8, 4) is 0 Å². The first kappa shape index (κ1) is 17.1. The number of carbonyl (C=O) groups is 1. The second-order valence-corrected chi connectivity index (χ2v) is 7.15. The molecule has 26 heavy (non-hydrogen) atoms. The third-order valence-corrected chi connectivity index (χ3v) is 5.34. The fourth-order valence-corrected chi connectivity index (χ4v) is 3.83. The van der Waals surface area contributed by atoms with E-state index in [-0.39, 0.29) is 5.91 Å². The quantitative estimate of drug-likeness (QED) is 0.890. The van der Waals surface area contributed by atoms with Gasteiger partial charge in [-0.05, 0) is 49.2 Å². The molecule has 5 nitrogen and oxygen atoms in total. The summed E-state index contributed by atoms with van der Waals surface area (Å²) in [4.78, 5) is 16.9. The molecule has 0 aromatic heterocycles. The summed E-state index contributed by atoms with van der Waals surface area (Å²) in [6.45, 7) is 6.42. The topological polar surface area (TPSA) is 47.6 Å². The summed E-state index contributed by atoms with van der Waals surface area (Å²) >= 11 is 0. The smallest absolute Gasteiger partial charge is 0.238 e. The third kappa shape index (κ3) is 3.59. The Labute approximate surface area is 155 Å². The maximum atomic E-state index is 12.3. The lowest BCUT2D eigenvalue weighted by Gasteiger charge is -2.33. The van der Waals surface area contributed by atoms with Gasteiger partial charge in [0, 0.05) is 49.3 Å². The van der Waals surface area contributed by atoms with Crippen molar-refractivity contribution in [3.63, 3.8) is 0 Å². The second-order valence-electron chi connectivity index (χ2n) is 7.15. The molecule has 1 saturated heterocycles. The molecule has 4 rings (SSSR count). The van der Waals surface area contributed by atoms with E-state index in [1.807, 2.05) is 12.1 Å². The lowest BCUT2D eigenvalue weighted by atomic mass is 10.2. The van der Waals surface area contributed by atoms with E-state index in [1.54, 1.807) is 0 Å². The second kappa shape index (κ2) is 7.48. The van der Waals surface area contributed by atoms with E-state index in [0.717, 1.165) is 38.3 Å². The van der Waals surface area contributed by atoms with Gasteiger partial charge in [-0.25, -0.2) is 0 Å². The summed E-state index contributed by atoms with van der Waals surface area (Å²) in [5.41, 5.74) is 4.71. The zero-order chi connectivity index (χ0) is 17.9. The van der Waals surface area contributed by atoms with Crippen molar-refractivity contribution < 1.29 is 4.79 Å². The number of benzene rings is 2. The minimum absolute atomic E-state index is 0.0537. The number of anilines is 3. The zero-order valence-corrected chi connectivity index (χ0v) is 15.2. The highest BCUT2D eigenvalue weighted by atomic mass is 16.2. The molecule has 2 aromatic carbocycles. The van der Waals surface area contributed by atoms with E-state index in [2.05, 4.69) is 63.8 Å². The van der Waals surface area contributed by atoms with Gasteiger partial charge >= 0.3 is 0 Å². The average molecular weight is 350 g/mol. The van der Waals surface area contributed by atoms with Crippen LogP contribution in [0.5, 0.6) is 0 Å². The number of nitrogens with one attached hydrogen (secondary N) is 2. The Balaban J connectivity index is 1.38. The first-order chi connectivity index (χ1) is 12.7. The van der Waals surface area contributed by atoms with Crippen LogP contribution in [0.15, 0.2) is 48.5 Å². The number of rotatable bonds is 4. The lowest BCUT2D eigenvalue weighted by molar-refractivity contribution is -0.118. The van der Waals surface area contributed by atoms with E-state index >= 15 is 0 Å². The first-order valence-corrected chi connectivity index (χ1v) is 9.41. The van der Waals surface area contributed by atoms with Crippen molar-refractivity contribution in [2.24, 2.45) is 0 Å². The van der Waals surface area contributed by atoms with Crippen molar-refractivity contribution in [3.05, 3.63) is 54.1 Å².